The topological polar surface area (TPSA) is 69.6 Å². The molecule has 1 saturated carbocycles. The summed E-state index contributed by atoms with van der Waals surface area (Å²) in [6, 6.07) is -0.263. The van der Waals surface area contributed by atoms with E-state index < -0.39 is 5.97 Å². The van der Waals surface area contributed by atoms with Gasteiger partial charge in [0.2, 0.25) is 0 Å². The highest BCUT2D eigenvalue weighted by molar-refractivity contribution is 5.76. The SMILES string of the molecule is CC1CCCC(N(C)C(=O)NC(CC(=O)O)C(C)(C)C)C1. The van der Waals surface area contributed by atoms with Crippen LogP contribution in [0, 0.1) is 11.3 Å². The lowest BCUT2D eigenvalue weighted by Crippen LogP contribution is -2.52. The van der Waals surface area contributed by atoms with Crippen LogP contribution in [0.5, 0.6) is 0 Å². The highest BCUT2D eigenvalue weighted by Crippen LogP contribution is 2.27. The van der Waals surface area contributed by atoms with Gasteiger partial charge in [0.05, 0.1) is 6.42 Å². The summed E-state index contributed by atoms with van der Waals surface area (Å²) >= 11 is 0. The first-order valence-electron chi connectivity index (χ1n) is 7.86. The molecule has 5 heteroatoms. The van der Waals surface area contributed by atoms with Crippen LogP contribution in [0.15, 0.2) is 0 Å². The van der Waals surface area contributed by atoms with Gasteiger partial charge in [-0.3, -0.25) is 4.79 Å². The predicted octanol–water partition coefficient (Wildman–Crippen LogP) is 3.10. The van der Waals surface area contributed by atoms with E-state index in [0.717, 1.165) is 19.3 Å². The molecule has 1 fully saturated rings. The Balaban J connectivity index is 2.65. The summed E-state index contributed by atoms with van der Waals surface area (Å²) in [6.45, 7) is 8.07. The molecular weight excluding hydrogens is 268 g/mol. The van der Waals surface area contributed by atoms with Gasteiger partial charge >= 0.3 is 12.0 Å². The summed E-state index contributed by atoms with van der Waals surface area (Å²) in [4.78, 5) is 25.2. The largest absolute Gasteiger partial charge is 0.481 e. The molecule has 0 aromatic carbocycles. The average Bonchev–Trinajstić information content (AvgIpc) is 2.35. The number of aliphatic carboxylic acids is 1. The molecule has 0 spiro atoms. The van der Waals surface area contributed by atoms with E-state index >= 15 is 0 Å². The van der Waals surface area contributed by atoms with E-state index in [-0.39, 0.29) is 30.0 Å². The first kappa shape index (κ1) is 17.8. The second-order valence-corrected chi connectivity index (χ2v) is 7.50. The lowest BCUT2D eigenvalue weighted by atomic mass is 9.84. The van der Waals surface area contributed by atoms with Gasteiger partial charge in [0, 0.05) is 19.1 Å². The van der Waals surface area contributed by atoms with Crippen molar-refractivity contribution in [2.24, 2.45) is 11.3 Å². The Bertz CT molecular complexity index is 376. The van der Waals surface area contributed by atoms with E-state index in [4.69, 9.17) is 5.11 Å². The van der Waals surface area contributed by atoms with Crippen LogP contribution >= 0.6 is 0 Å². The summed E-state index contributed by atoms with van der Waals surface area (Å²) in [6.07, 6.45) is 4.40. The van der Waals surface area contributed by atoms with Gasteiger partial charge in [0.1, 0.15) is 0 Å². The van der Waals surface area contributed by atoms with Crippen molar-refractivity contribution in [2.75, 3.05) is 7.05 Å². The van der Waals surface area contributed by atoms with Crippen molar-refractivity contribution in [3.8, 4) is 0 Å². The Morgan fingerprint density at radius 3 is 2.43 bits per heavy atom. The van der Waals surface area contributed by atoms with Crippen molar-refractivity contribution >= 4 is 12.0 Å². The number of carboxylic acids is 1. The number of nitrogens with one attached hydrogen (secondary N) is 1. The van der Waals surface area contributed by atoms with Crippen LogP contribution in [-0.4, -0.2) is 41.1 Å². The molecule has 3 unspecified atom stereocenters. The van der Waals surface area contributed by atoms with Gasteiger partial charge < -0.3 is 15.3 Å². The number of amides is 2. The molecule has 0 aliphatic heterocycles. The van der Waals surface area contributed by atoms with Gasteiger partial charge in [0.25, 0.3) is 0 Å². The number of carbonyl (C=O) groups is 2. The summed E-state index contributed by atoms with van der Waals surface area (Å²) in [7, 11) is 1.82. The third-order valence-electron chi connectivity index (χ3n) is 4.50. The normalized spacial score (nSPS) is 24.2. The summed E-state index contributed by atoms with van der Waals surface area (Å²) in [5.74, 6) is -0.236. The summed E-state index contributed by atoms with van der Waals surface area (Å²) in [5, 5.41) is 11.9. The monoisotopic (exact) mass is 298 g/mol. The van der Waals surface area contributed by atoms with E-state index in [9.17, 15) is 9.59 Å². The van der Waals surface area contributed by atoms with Crippen LogP contribution in [0.25, 0.3) is 0 Å². The number of hydrogen-bond acceptors (Lipinski definition) is 2. The minimum Gasteiger partial charge on any atom is -0.481 e. The average molecular weight is 298 g/mol. The lowest BCUT2D eigenvalue weighted by Gasteiger charge is -2.37. The number of carbonyl (C=O) groups excluding carboxylic acids is 1. The fourth-order valence-corrected chi connectivity index (χ4v) is 2.92. The molecule has 5 nitrogen and oxygen atoms in total. The highest BCUT2D eigenvalue weighted by Gasteiger charge is 2.31. The highest BCUT2D eigenvalue weighted by atomic mass is 16.4. The first-order valence-corrected chi connectivity index (χ1v) is 7.86. The van der Waals surface area contributed by atoms with Crippen molar-refractivity contribution < 1.29 is 14.7 Å². The molecule has 2 amide bonds. The Kier molecular flexibility index (Phi) is 6.05. The van der Waals surface area contributed by atoms with Crippen LogP contribution in [0.1, 0.15) is 59.8 Å². The Hall–Kier alpha value is -1.26. The van der Waals surface area contributed by atoms with Gasteiger partial charge in [-0.25, -0.2) is 4.79 Å². The number of hydrogen-bond donors (Lipinski definition) is 2. The number of urea groups is 1. The van der Waals surface area contributed by atoms with Crippen molar-refractivity contribution in [1.82, 2.24) is 10.2 Å². The zero-order valence-corrected chi connectivity index (χ0v) is 14.0. The molecular formula is C16H30N2O3. The molecule has 0 heterocycles. The molecule has 1 aliphatic carbocycles. The number of carboxylic acid groups (broad SMARTS) is 1. The lowest BCUT2D eigenvalue weighted by molar-refractivity contribution is -0.138. The van der Waals surface area contributed by atoms with E-state index in [0.29, 0.717) is 5.92 Å². The summed E-state index contributed by atoms with van der Waals surface area (Å²) < 4.78 is 0. The Labute approximate surface area is 128 Å². The maximum Gasteiger partial charge on any atom is 0.317 e. The van der Waals surface area contributed by atoms with Gasteiger partial charge in [-0.1, -0.05) is 40.5 Å². The van der Waals surface area contributed by atoms with Crippen LogP contribution in [-0.2, 0) is 4.79 Å². The zero-order valence-electron chi connectivity index (χ0n) is 14.0. The third kappa shape index (κ3) is 5.56. The standard InChI is InChI=1S/C16H30N2O3/c1-11-7-6-8-12(9-11)18(5)15(21)17-13(10-14(19)20)16(2,3)4/h11-13H,6-10H2,1-5H3,(H,17,21)(H,19,20). The van der Waals surface area contributed by atoms with Gasteiger partial charge in [0.15, 0.2) is 0 Å². The van der Waals surface area contributed by atoms with E-state index in [1.54, 1.807) is 4.90 Å². The molecule has 0 aromatic heterocycles. The van der Waals surface area contributed by atoms with Crippen molar-refractivity contribution in [2.45, 2.75) is 71.9 Å². The second-order valence-electron chi connectivity index (χ2n) is 7.50. The summed E-state index contributed by atoms with van der Waals surface area (Å²) in [5.41, 5.74) is -0.283. The molecule has 3 atom stereocenters. The molecule has 0 bridgehead atoms. The van der Waals surface area contributed by atoms with E-state index in [1.807, 2.05) is 27.8 Å². The van der Waals surface area contributed by atoms with E-state index in [2.05, 4.69) is 12.2 Å². The Morgan fingerprint density at radius 2 is 1.95 bits per heavy atom. The molecule has 0 saturated heterocycles. The molecule has 1 rings (SSSR count). The quantitative estimate of drug-likeness (QED) is 0.838. The first-order chi connectivity index (χ1) is 9.61. The van der Waals surface area contributed by atoms with Crippen molar-refractivity contribution in [3.63, 3.8) is 0 Å². The predicted molar refractivity (Wildman–Crippen MR) is 83.2 cm³/mol. The Morgan fingerprint density at radius 1 is 1.33 bits per heavy atom. The van der Waals surface area contributed by atoms with Crippen LogP contribution in [0.2, 0.25) is 0 Å². The van der Waals surface area contributed by atoms with Crippen LogP contribution in [0.4, 0.5) is 4.79 Å². The number of rotatable bonds is 4. The maximum absolute atomic E-state index is 12.4. The fraction of sp³-hybridized carbons (Fsp3) is 0.875. The maximum atomic E-state index is 12.4. The number of nitrogens with zero attached hydrogens (tertiary/aromatic N) is 1. The van der Waals surface area contributed by atoms with Crippen LogP contribution < -0.4 is 5.32 Å². The van der Waals surface area contributed by atoms with Gasteiger partial charge in [-0.15, -0.1) is 0 Å². The van der Waals surface area contributed by atoms with E-state index in [1.165, 1.54) is 6.42 Å². The molecule has 0 aromatic rings. The molecule has 122 valence electrons. The second kappa shape index (κ2) is 7.14. The molecule has 21 heavy (non-hydrogen) atoms. The molecule has 0 radical (unpaired) electrons. The minimum absolute atomic E-state index is 0.0514. The molecule has 1 aliphatic rings. The smallest absolute Gasteiger partial charge is 0.317 e. The zero-order chi connectivity index (χ0) is 16.2. The van der Waals surface area contributed by atoms with Crippen molar-refractivity contribution in [1.29, 1.82) is 0 Å². The van der Waals surface area contributed by atoms with Crippen LogP contribution in [0.3, 0.4) is 0 Å². The van der Waals surface area contributed by atoms with Crippen molar-refractivity contribution in [3.05, 3.63) is 0 Å². The third-order valence-corrected chi connectivity index (χ3v) is 4.50. The minimum atomic E-state index is -0.885. The van der Waals surface area contributed by atoms with Gasteiger partial charge in [-0.05, 0) is 24.2 Å². The van der Waals surface area contributed by atoms with Gasteiger partial charge in [-0.2, -0.15) is 0 Å². The fourth-order valence-electron chi connectivity index (χ4n) is 2.92. The molecule has 2 N–H and O–H groups in total.